The molecule has 0 bridgehead atoms. The Labute approximate surface area is 66.1 Å². The predicted octanol–water partition coefficient (Wildman–Crippen LogP) is 1.42. The van der Waals surface area contributed by atoms with Gasteiger partial charge in [-0.25, -0.2) is 4.98 Å². The van der Waals surface area contributed by atoms with Gasteiger partial charge in [-0.05, 0) is 22.0 Å². The van der Waals surface area contributed by atoms with Crippen molar-refractivity contribution in [2.24, 2.45) is 0 Å². The van der Waals surface area contributed by atoms with Crippen LogP contribution in [0, 0.1) is 11.3 Å². The fourth-order valence-electron chi connectivity index (χ4n) is 0.492. The van der Waals surface area contributed by atoms with Crippen LogP contribution in [0.15, 0.2) is 16.7 Å². The van der Waals surface area contributed by atoms with Crippen molar-refractivity contribution in [1.29, 1.82) is 5.26 Å². The third kappa shape index (κ3) is 1.25. The Kier molecular flexibility index (Phi) is 1.88. The van der Waals surface area contributed by atoms with E-state index in [0.717, 1.165) is 0 Å². The monoisotopic (exact) mass is 198 g/mol. The number of aromatic hydroxyl groups is 1. The minimum absolute atomic E-state index is 0.0981. The van der Waals surface area contributed by atoms with Gasteiger partial charge in [-0.1, -0.05) is 0 Å². The van der Waals surface area contributed by atoms with E-state index < -0.39 is 0 Å². The van der Waals surface area contributed by atoms with Crippen LogP contribution in [0.25, 0.3) is 0 Å². The van der Waals surface area contributed by atoms with Crippen molar-refractivity contribution >= 4 is 15.9 Å². The van der Waals surface area contributed by atoms with E-state index >= 15 is 0 Å². The lowest BCUT2D eigenvalue weighted by Gasteiger charge is -1.92. The Balaban J connectivity index is 3.20. The smallest absolute Gasteiger partial charge is 0.225 e. The van der Waals surface area contributed by atoms with Crippen LogP contribution in [-0.2, 0) is 0 Å². The summed E-state index contributed by atoms with van der Waals surface area (Å²) in [6, 6.07) is 3.39. The minimum Gasteiger partial charge on any atom is -0.492 e. The van der Waals surface area contributed by atoms with Crippen molar-refractivity contribution in [3.05, 3.63) is 22.3 Å². The van der Waals surface area contributed by atoms with Crippen molar-refractivity contribution in [2.75, 3.05) is 0 Å². The lowest BCUT2D eigenvalue weighted by molar-refractivity contribution is 0.450. The Morgan fingerprint density at radius 3 is 2.90 bits per heavy atom. The van der Waals surface area contributed by atoms with E-state index in [9.17, 15) is 0 Å². The Bertz CT molecular complexity index is 292. The lowest BCUT2D eigenvalue weighted by Crippen LogP contribution is -1.78. The summed E-state index contributed by atoms with van der Waals surface area (Å²) < 4.78 is 0.437. The van der Waals surface area contributed by atoms with Crippen molar-refractivity contribution in [2.45, 2.75) is 0 Å². The molecule has 1 aromatic rings. The normalized spacial score (nSPS) is 8.80. The van der Waals surface area contributed by atoms with Crippen molar-refractivity contribution in [3.63, 3.8) is 0 Å². The highest BCUT2D eigenvalue weighted by Gasteiger charge is 1.98. The van der Waals surface area contributed by atoms with E-state index in [2.05, 4.69) is 20.9 Å². The summed E-state index contributed by atoms with van der Waals surface area (Å²) in [7, 11) is 0. The average Bonchev–Trinajstić information content (AvgIpc) is 1.95. The minimum atomic E-state index is -0.0981. The highest BCUT2D eigenvalue weighted by molar-refractivity contribution is 9.10. The highest BCUT2D eigenvalue weighted by Crippen LogP contribution is 2.20. The van der Waals surface area contributed by atoms with Gasteiger partial charge in [0.2, 0.25) is 5.88 Å². The number of hydrogen-bond acceptors (Lipinski definition) is 3. The molecule has 1 aromatic heterocycles. The molecule has 0 aliphatic rings. The molecule has 0 saturated heterocycles. The van der Waals surface area contributed by atoms with Gasteiger partial charge in [-0.15, -0.1) is 0 Å². The number of aromatic nitrogens is 1. The van der Waals surface area contributed by atoms with Crippen molar-refractivity contribution in [3.8, 4) is 11.9 Å². The molecule has 4 heteroatoms. The van der Waals surface area contributed by atoms with E-state index in [1.807, 2.05) is 6.07 Å². The van der Waals surface area contributed by atoms with Crippen LogP contribution in [0.3, 0.4) is 0 Å². The van der Waals surface area contributed by atoms with E-state index in [0.29, 0.717) is 10.0 Å². The van der Waals surface area contributed by atoms with Gasteiger partial charge in [0.1, 0.15) is 6.07 Å². The van der Waals surface area contributed by atoms with Gasteiger partial charge < -0.3 is 5.11 Å². The van der Waals surface area contributed by atoms with Gasteiger partial charge in [-0.2, -0.15) is 5.26 Å². The molecule has 0 saturated carbocycles. The molecule has 1 heterocycles. The highest BCUT2D eigenvalue weighted by atomic mass is 79.9. The van der Waals surface area contributed by atoms with Gasteiger partial charge in [0, 0.05) is 6.20 Å². The van der Waals surface area contributed by atoms with Crippen molar-refractivity contribution < 1.29 is 5.11 Å². The molecule has 0 aliphatic heterocycles. The lowest BCUT2D eigenvalue weighted by atomic mass is 10.3. The maximum atomic E-state index is 8.87. The summed E-state index contributed by atoms with van der Waals surface area (Å²) in [4.78, 5) is 3.54. The van der Waals surface area contributed by atoms with Crippen molar-refractivity contribution in [1.82, 2.24) is 4.98 Å². The first kappa shape index (κ1) is 7.03. The average molecular weight is 199 g/mol. The second-order valence-corrected chi connectivity index (χ2v) is 2.50. The van der Waals surface area contributed by atoms with E-state index in [4.69, 9.17) is 10.4 Å². The van der Waals surface area contributed by atoms with Gasteiger partial charge >= 0.3 is 0 Å². The van der Waals surface area contributed by atoms with Crippen LogP contribution < -0.4 is 0 Å². The molecule has 0 radical (unpaired) electrons. The first-order chi connectivity index (χ1) is 4.74. The van der Waals surface area contributed by atoms with Crippen LogP contribution in [-0.4, -0.2) is 10.1 Å². The molecule has 0 amide bonds. The number of nitriles is 1. The van der Waals surface area contributed by atoms with E-state index in [1.165, 1.54) is 12.3 Å². The molecule has 10 heavy (non-hydrogen) atoms. The third-order valence-corrected chi connectivity index (χ3v) is 1.53. The van der Waals surface area contributed by atoms with Crippen LogP contribution in [0.5, 0.6) is 5.88 Å². The Morgan fingerprint density at radius 1 is 1.70 bits per heavy atom. The van der Waals surface area contributed by atoms with Gasteiger partial charge in [0.15, 0.2) is 0 Å². The molecule has 1 N–H and O–H groups in total. The summed E-state index contributed by atoms with van der Waals surface area (Å²) in [5.74, 6) is -0.0981. The molecular formula is C6H3BrN2O. The summed E-state index contributed by atoms with van der Waals surface area (Å²) >= 11 is 3.02. The zero-order chi connectivity index (χ0) is 7.56. The predicted molar refractivity (Wildman–Crippen MR) is 38.3 cm³/mol. The zero-order valence-electron chi connectivity index (χ0n) is 4.87. The molecule has 0 unspecified atom stereocenters. The van der Waals surface area contributed by atoms with Gasteiger partial charge in [0.25, 0.3) is 0 Å². The summed E-state index contributed by atoms with van der Waals surface area (Å²) in [6.07, 6.45) is 1.31. The Morgan fingerprint density at radius 2 is 2.40 bits per heavy atom. The molecule has 3 nitrogen and oxygen atoms in total. The zero-order valence-corrected chi connectivity index (χ0v) is 6.46. The van der Waals surface area contributed by atoms with Crippen LogP contribution in [0.1, 0.15) is 5.56 Å². The molecule has 1 rings (SSSR count). The number of pyridine rings is 1. The number of halogens is 1. The first-order valence-electron chi connectivity index (χ1n) is 2.48. The maximum Gasteiger partial charge on any atom is 0.225 e. The van der Waals surface area contributed by atoms with Crippen LogP contribution in [0.4, 0.5) is 0 Å². The number of rotatable bonds is 0. The second kappa shape index (κ2) is 2.67. The molecule has 0 aromatic carbocycles. The molecule has 0 spiro atoms. The molecule has 0 atom stereocenters. The summed E-state index contributed by atoms with van der Waals surface area (Å²) in [6.45, 7) is 0. The fraction of sp³-hybridized carbons (Fsp3) is 0. The third-order valence-electron chi connectivity index (χ3n) is 0.951. The molecule has 0 aliphatic carbocycles. The van der Waals surface area contributed by atoms with E-state index in [-0.39, 0.29) is 5.88 Å². The maximum absolute atomic E-state index is 8.87. The van der Waals surface area contributed by atoms with E-state index in [1.54, 1.807) is 0 Å². The number of hydrogen-bond donors (Lipinski definition) is 1. The Hall–Kier alpha value is -1.08. The standard InChI is InChI=1S/C6H3BrN2O/c7-5-1-4(2-8)3-9-6(5)10/h1,3H,(H,9,10). The second-order valence-electron chi connectivity index (χ2n) is 1.64. The largest absolute Gasteiger partial charge is 0.492 e. The van der Waals surface area contributed by atoms with Gasteiger partial charge in [0.05, 0.1) is 10.0 Å². The topological polar surface area (TPSA) is 56.9 Å². The summed E-state index contributed by atoms with van der Waals surface area (Å²) in [5.41, 5.74) is 0.421. The first-order valence-corrected chi connectivity index (χ1v) is 3.28. The molecular weight excluding hydrogens is 196 g/mol. The summed E-state index contributed by atoms with van der Waals surface area (Å²) in [5, 5.41) is 17.2. The quantitative estimate of drug-likeness (QED) is 0.687. The molecule has 0 fully saturated rings. The fourth-order valence-corrected chi connectivity index (χ4v) is 0.841. The SMILES string of the molecule is N#Cc1cnc(O)c(Br)c1. The molecule has 50 valence electrons. The number of nitrogens with zero attached hydrogens (tertiary/aromatic N) is 2. The van der Waals surface area contributed by atoms with Crippen LogP contribution in [0.2, 0.25) is 0 Å². The van der Waals surface area contributed by atoms with Crippen LogP contribution >= 0.6 is 15.9 Å². The van der Waals surface area contributed by atoms with Gasteiger partial charge in [-0.3, -0.25) is 0 Å².